The first-order valence-electron chi connectivity index (χ1n) is 10.6. The molecule has 3 rings (SSSR count). The molecule has 0 saturated carbocycles. The Kier molecular flexibility index (Phi) is 20.0. The summed E-state index contributed by atoms with van der Waals surface area (Å²) in [4.78, 5) is -2.14. The number of hydrogen-bond acceptors (Lipinski definition) is 18. The van der Waals surface area contributed by atoms with Crippen molar-refractivity contribution in [1.82, 2.24) is 0 Å². The number of sulfone groups is 1. The molecule has 0 amide bonds. The second kappa shape index (κ2) is 19.2. The van der Waals surface area contributed by atoms with E-state index in [9.17, 15) is 44.7 Å². The fourth-order valence-electron chi connectivity index (χ4n) is 3.57. The summed E-state index contributed by atoms with van der Waals surface area (Å²) >= 11 is 0.133. The molecule has 3 aromatic carbocycles. The summed E-state index contributed by atoms with van der Waals surface area (Å²) < 4.78 is 109. The molecule has 0 spiro atoms. The van der Waals surface area contributed by atoms with Gasteiger partial charge in [-0.2, -0.15) is 0 Å². The van der Waals surface area contributed by atoms with Gasteiger partial charge in [-0.3, -0.25) is 9.22 Å². The van der Waals surface area contributed by atoms with E-state index in [1.54, 1.807) is 0 Å². The van der Waals surface area contributed by atoms with Crippen LogP contribution in [-0.2, 0) is 43.6 Å². The summed E-state index contributed by atoms with van der Waals surface area (Å²) in [6.07, 6.45) is 0. The third-order valence-corrected chi connectivity index (χ3v) is 9.21. The smallest absolute Gasteiger partial charge is 0.744 e. The summed E-state index contributed by atoms with van der Waals surface area (Å²) in [5.74, 6) is -1.51. The number of anilines is 1. The standard InChI is InChI=1S/C20H21N3O14S4.CH4.3Na/c1-10-5-13(15(34-2)9-16(10)39(26,27)4-3-35-38-37-36-25)22-23-20-18-11(7-17(19(20)21)41(31,32)33)6-12(8-14(18)24)40(28,29)30;;;;/h5-9,24-25H,3-4,21H2,1-2H3,(H,28,29,30)(H,31,32,33);1H4;;;/q;;3*+1/p-3. The van der Waals surface area contributed by atoms with Crippen molar-refractivity contribution >= 4 is 70.2 Å². The number of nitrogens with zero attached hydrogens (tertiary/aromatic N) is 2. The monoisotopic (exact) mass is 737 g/mol. The molecule has 45 heavy (non-hydrogen) atoms. The quantitative estimate of drug-likeness (QED) is 0.0255. The molecule has 3 N–H and O–H groups in total. The molecule has 24 heteroatoms. The topological polar surface area (TPSA) is 279 Å². The number of hydrogen-bond donors (Lipinski definition) is 2. The normalized spacial score (nSPS) is 11.7. The Balaban J connectivity index is 0. The molecular formula is C21H22N3Na3O14S4. The average molecular weight is 738 g/mol. The molecule has 0 aliphatic rings. The second-order valence-electron chi connectivity index (χ2n) is 7.92. The van der Waals surface area contributed by atoms with E-state index in [0.717, 1.165) is 12.1 Å². The molecule has 0 radical (unpaired) electrons. The Morgan fingerprint density at radius 2 is 1.56 bits per heavy atom. The molecule has 0 aliphatic carbocycles. The van der Waals surface area contributed by atoms with Crippen LogP contribution in [0.5, 0.6) is 11.5 Å². The van der Waals surface area contributed by atoms with Crippen molar-refractivity contribution in [2.45, 2.75) is 29.0 Å². The van der Waals surface area contributed by atoms with Crippen LogP contribution in [0.2, 0.25) is 0 Å². The number of azo groups is 1. The largest absolute Gasteiger partial charge is 1.00 e. The van der Waals surface area contributed by atoms with Gasteiger partial charge < -0.3 is 29.9 Å². The summed E-state index contributed by atoms with van der Waals surface area (Å²) in [7, 11) is -13.2. The van der Waals surface area contributed by atoms with Crippen LogP contribution in [0.4, 0.5) is 17.1 Å². The molecular weight excluding hydrogens is 715 g/mol. The number of nitrogen functional groups attached to an aromatic ring is 1. The fraction of sp³-hybridized carbons (Fsp3) is 0.238. The molecule has 0 saturated heterocycles. The minimum Gasteiger partial charge on any atom is -0.744 e. The van der Waals surface area contributed by atoms with Crippen molar-refractivity contribution in [1.29, 1.82) is 0 Å². The van der Waals surface area contributed by atoms with Gasteiger partial charge in [0.25, 0.3) is 0 Å². The van der Waals surface area contributed by atoms with Crippen molar-refractivity contribution in [3.8, 4) is 11.5 Å². The van der Waals surface area contributed by atoms with Crippen LogP contribution in [0, 0.1) is 6.92 Å². The number of ether oxygens (including phenoxy) is 1. The molecule has 0 bridgehead atoms. The second-order valence-corrected chi connectivity index (χ2v) is 13.2. The van der Waals surface area contributed by atoms with Crippen LogP contribution in [-0.4, -0.2) is 58.9 Å². The predicted octanol–water partition coefficient (Wildman–Crippen LogP) is -7.11. The van der Waals surface area contributed by atoms with Gasteiger partial charge in [-0.1, -0.05) is 7.43 Å². The van der Waals surface area contributed by atoms with E-state index in [2.05, 4.69) is 19.6 Å². The zero-order valence-corrected chi connectivity index (χ0v) is 32.9. The number of methoxy groups -OCH3 is 1. The van der Waals surface area contributed by atoms with E-state index in [4.69, 9.17) is 14.7 Å². The van der Waals surface area contributed by atoms with E-state index < -0.39 is 62.7 Å². The number of phenols is 1. The Hall–Kier alpha value is -0.120. The third-order valence-electron chi connectivity index (χ3n) is 5.33. The maximum absolute atomic E-state index is 12.8. The van der Waals surface area contributed by atoms with Gasteiger partial charge in [0.1, 0.15) is 43.1 Å². The first kappa shape index (κ1) is 47.0. The molecule has 0 aromatic heterocycles. The Labute approximate surface area is 329 Å². The zero-order valence-electron chi connectivity index (χ0n) is 23.7. The third kappa shape index (κ3) is 11.8. The van der Waals surface area contributed by atoms with Crippen molar-refractivity contribution < 1.29 is 152 Å². The molecule has 17 nitrogen and oxygen atoms in total. The minimum atomic E-state index is -5.27. The van der Waals surface area contributed by atoms with Gasteiger partial charge in [0, 0.05) is 6.07 Å². The van der Waals surface area contributed by atoms with Crippen LogP contribution >= 0.6 is 12.3 Å². The van der Waals surface area contributed by atoms with Crippen LogP contribution in [0.3, 0.4) is 0 Å². The Morgan fingerprint density at radius 1 is 0.933 bits per heavy atom. The number of fused-ring (bicyclic) bond motifs is 1. The Morgan fingerprint density at radius 3 is 2.09 bits per heavy atom. The summed E-state index contributed by atoms with van der Waals surface area (Å²) in [6, 6.07) is 4.34. The molecule has 0 fully saturated rings. The van der Waals surface area contributed by atoms with Crippen LogP contribution in [0.15, 0.2) is 55.2 Å². The summed E-state index contributed by atoms with van der Waals surface area (Å²) in [5.41, 5.74) is 4.61. The van der Waals surface area contributed by atoms with Gasteiger partial charge in [0.2, 0.25) is 0 Å². The van der Waals surface area contributed by atoms with Crippen LogP contribution in [0.25, 0.3) is 10.8 Å². The van der Waals surface area contributed by atoms with Gasteiger partial charge in [-0.15, -0.1) is 14.6 Å². The van der Waals surface area contributed by atoms with Crippen molar-refractivity contribution in [3.63, 3.8) is 0 Å². The average Bonchev–Trinajstić information content (AvgIpc) is 2.86. The van der Waals surface area contributed by atoms with Gasteiger partial charge in [-0.25, -0.2) is 25.3 Å². The molecule has 0 heterocycles. The van der Waals surface area contributed by atoms with Crippen molar-refractivity contribution in [3.05, 3.63) is 35.9 Å². The number of aryl methyl sites for hydroxylation is 1. The number of aromatic hydroxyl groups is 1. The molecule has 0 atom stereocenters. The van der Waals surface area contributed by atoms with Gasteiger partial charge in [0.05, 0.1) is 45.2 Å². The Bertz CT molecular complexity index is 1860. The predicted molar refractivity (Wildman–Crippen MR) is 142 cm³/mol. The van der Waals surface area contributed by atoms with Crippen LogP contribution < -0.4 is 104 Å². The molecule has 232 valence electrons. The van der Waals surface area contributed by atoms with Gasteiger partial charge in [0.15, 0.2) is 22.2 Å². The first-order chi connectivity index (χ1) is 19.0. The maximum Gasteiger partial charge on any atom is 1.00 e. The van der Waals surface area contributed by atoms with Crippen molar-refractivity contribution in [2.75, 3.05) is 25.2 Å². The number of nitrogens with two attached hydrogens (primary N) is 1. The number of phenolic OH excluding ortho intramolecular Hbond substituents is 1. The van der Waals surface area contributed by atoms with E-state index in [1.807, 2.05) is 0 Å². The summed E-state index contributed by atoms with van der Waals surface area (Å²) in [6.45, 7) is 1.03. The van der Waals surface area contributed by atoms with Gasteiger partial charge >= 0.3 is 88.7 Å². The minimum absolute atomic E-state index is 0. The van der Waals surface area contributed by atoms with Crippen molar-refractivity contribution in [2.24, 2.45) is 10.2 Å². The van der Waals surface area contributed by atoms with E-state index in [-0.39, 0.29) is 148 Å². The van der Waals surface area contributed by atoms with Gasteiger partial charge in [-0.05, 0) is 42.1 Å². The SMILES string of the molecule is C.COc1cc(S(=O)(=O)CCOSOO[O-])c(C)cc1N=Nc1c(N)c(S(=O)(=O)[O-])cc2cc(S(=O)(=O)[O-])cc(O)c12.[Na+].[Na+].[Na+]. The van der Waals surface area contributed by atoms with Crippen LogP contribution in [0.1, 0.15) is 13.0 Å². The zero-order chi connectivity index (χ0) is 30.8. The molecule has 3 aromatic rings. The maximum atomic E-state index is 12.8. The first-order valence-corrected chi connectivity index (χ1v) is 15.7. The molecule has 0 aliphatic heterocycles. The van der Waals surface area contributed by atoms with E-state index in [0.29, 0.717) is 12.1 Å². The van der Waals surface area contributed by atoms with E-state index >= 15 is 0 Å². The van der Waals surface area contributed by atoms with E-state index in [1.165, 1.54) is 20.1 Å². The fourth-order valence-corrected chi connectivity index (χ4v) is 6.41. The number of rotatable bonds is 12. The number of benzene rings is 3. The summed E-state index contributed by atoms with van der Waals surface area (Å²) in [5, 5.41) is 30.3. The molecule has 0 unspecified atom stereocenters.